The molecule has 0 aliphatic rings. The number of carbonyl (C=O) groups is 1. The van der Waals surface area contributed by atoms with E-state index >= 15 is 0 Å². The van der Waals surface area contributed by atoms with Crippen molar-refractivity contribution in [2.45, 2.75) is 37.9 Å². The third-order valence-corrected chi connectivity index (χ3v) is 3.04. The highest BCUT2D eigenvalue weighted by atomic mass is 32.2. The summed E-state index contributed by atoms with van der Waals surface area (Å²) >= 11 is 1.43. The zero-order valence-corrected chi connectivity index (χ0v) is 8.78. The summed E-state index contributed by atoms with van der Waals surface area (Å²) in [5.74, 6) is 0.00745. The van der Waals surface area contributed by atoms with Crippen LogP contribution in [-0.2, 0) is 4.79 Å². The molecule has 4 heteroatoms. The third kappa shape index (κ3) is 6.87. The zero-order chi connectivity index (χ0) is 10.1. The summed E-state index contributed by atoms with van der Waals surface area (Å²) in [5.41, 5.74) is 0. The number of hydrogen-bond acceptors (Lipinski definition) is 2. The predicted molar refractivity (Wildman–Crippen MR) is 54.0 cm³/mol. The van der Waals surface area contributed by atoms with Gasteiger partial charge in [-0.1, -0.05) is 13.3 Å². The largest absolute Gasteiger partial charge is 0.480 e. The molecule has 0 spiro atoms. The Bertz CT molecular complexity index is 142. The van der Waals surface area contributed by atoms with E-state index in [9.17, 15) is 9.18 Å². The van der Waals surface area contributed by atoms with Crippen LogP contribution in [-0.4, -0.2) is 28.8 Å². The molecule has 0 saturated heterocycles. The predicted octanol–water partition coefficient (Wildman–Crippen LogP) is 2.72. The molecule has 0 aliphatic heterocycles. The molecule has 0 fully saturated rings. The Labute approximate surface area is 82.9 Å². The number of carboxylic acids is 1. The molecule has 0 aromatic rings. The number of rotatable bonds is 8. The van der Waals surface area contributed by atoms with Gasteiger partial charge in [-0.3, -0.25) is 9.18 Å². The molecule has 2 nitrogen and oxygen atoms in total. The number of hydrogen-bond donors (Lipinski definition) is 1. The molecule has 1 N–H and O–H groups in total. The molecular formula is C9H17FO2S. The Kier molecular flexibility index (Phi) is 8.19. The average Bonchev–Trinajstić information content (AvgIpc) is 2.10. The van der Waals surface area contributed by atoms with Crippen LogP contribution in [0.15, 0.2) is 0 Å². The minimum Gasteiger partial charge on any atom is -0.480 e. The van der Waals surface area contributed by atoms with Gasteiger partial charge < -0.3 is 5.11 Å². The van der Waals surface area contributed by atoms with Crippen molar-refractivity contribution in [2.75, 3.05) is 12.4 Å². The van der Waals surface area contributed by atoms with Crippen LogP contribution < -0.4 is 0 Å². The summed E-state index contributed by atoms with van der Waals surface area (Å²) in [5, 5.41) is 8.46. The van der Waals surface area contributed by atoms with Crippen LogP contribution in [0.3, 0.4) is 0 Å². The summed E-state index contributed by atoms with van der Waals surface area (Å²) in [6.45, 7) is 1.67. The second kappa shape index (κ2) is 8.35. The Morgan fingerprint density at radius 3 is 2.69 bits per heavy atom. The summed E-state index contributed by atoms with van der Waals surface area (Å²) in [7, 11) is 0. The van der Waals surface area contributed by atoms with Gasteiger partial charge in [0.05, 0.1) is 6.67 Å². The molecule has 13 heavy (non-hydrogen) atoms. The maximum absolute atomic E-state index is 11.7. The van der Waals surface area contributed by atoms with Crippen molar-refractivity contribution < 1.29 is 14.3 Å². The van der Waals surface area contributed by atoms with Gasteiger partial charge in [0, 0.05) is 0 Å². The molecule has 0 heterocycles. The number of alkyl halides is 1. The van der Waals surface area contributed by atoms with Crippen molar-refractivity contribution in [2.24, 2.45) is 0 Å². The van der Waals surface area contributed by atoms with E-state index in [-0.39, 0.29) is 11.9 Å². The fraction of sp³-hybridized carbons (Fsp3) is 0.889. The number of thioether (sulfide) groups is 1. The minimum atomic E-state index is -0.743. The summed E-state index contributed by atoms with van der Waals surface area (Å²) in [6, 6.07) is 0. The SMILES string of the molecule is CCCC(SCCCCF)C(=O)O. The molecule has 0 saturated carbocycles. The van der Waals surface area contributed by atoms with Crippen molar-refractivity contribution in [3.63, 3.8) is 0 Å². The lowest BCUT2D eigenvalue weighted by atomic mass is 10.2. The van der Waals surface area contributed by atoms with Crippen LogP contribution in [0, 0.1) is 0 Å². The molecule has 0 bridgehead atoms. The van der Waals surface area contributed by atoms with Crippen LogP contribution in [0.4, 0.5) is 4.39 Å². The molecule has 78 valence electrons. The molecular weight excluding hydrogens is 191 g/mol. The lowest BCUT2D eigenvalue weighted by Gasteiger charge is -2.09. The van der Waals surface area contributed by atoms with Crippen molar-refractivity contribution in [3.8, 4) is 0 Å². The zero-order valence-electron chi connectivity index (χ0n) is 7.96. The van der Waals surface area contributed by atoms with Gasteiger partial charge in [0.25, 0.3) is 0 Å². The summed E-state index contributed by atoms with van der Waals surface area (Å²) < 4.78 is 11.7. The third-order valence-electron chi connectivity index (χ3n) is 1.67. The van der Waals surface area contributed by atoms with Gasteiger partial charge in [0.2, 0.25) is 0 Å². The van der Waals surface area contributed by atoms with E-state index in [1.54, 1.807) is 0 Å². The quantitative estimate of drug-likeness (QED) is 0.623. The van der Waals surface area contributed by atoms with Gasteiger partial charge in [-0.2, -0.15) is 0 Å². The highest BCUT2D eigenvalue weighted by molar-refractivity contribution is 8.00. The fourth-order valence-electron chi connectivity index (χ4n) is 0.962. The van der Waals surface area contributed by atoms with Crippen molar-refractivity contribution >= 4 is 17.7 Å². The smallest absolute Gasteiger partial charge is 0.316 e. The number of aliphatic carboxylic acids is 1. The van der Waals surface area contributed by atoms with Crippen molar-refractivity contribution in [3.05, 3.63) is 0 Å². The number of halogens is 1. The van der Waals surface area contributed by atoms with E-state index in [0.29, 0.717) is 12.8 Å². The maximum Gasteiger partial charge on any atom is 0.316 e. The Morgan fingerprint density at radius 2 is 2.23 bits per heavy atom. The summed E-state index contributed by atoms with van der Waals surface area (Å²) in [4.78, 5) is 10.7. The van der Waals surface area contributed by atoms with Crippen LogP contribution in [0.1, 0.15) is 32.6 Å². The molecule has 0 aliphatic carbocycles. The highest BCUT2D eigenvalue weighted by Crippen LogP contribution is 2.18. The van der Waals surface area contributed by atoms with E-state index in [1.165, 1.54) is 11.8 Å². The minimum absolute atomic E-state index is 0.300. The van der Waals surface area contributed by atoms with Gasteiger partial charge in [0.1, 0.15) is 5.25 Å². The first-order valence-corrected chi connectivity index (χ1v) is 5.67. The van der Waals surface area contributed by atoms with Gasteiger partial charge in [-0.25, -0.2) is 0 Å². The normalized spacial score (nSPS) is 12.8. The monoisotopic (exact) mass is 208 g/mol. The maximum atomic E-state index is 11.7. The molecule has 0 rings (SSSR count). The Morgan fingerprint density at radius 1 is 1.54 bits per heavy atom. The lowest BCUT2D eigenvalue weighted by Crippen LogP contribution is -2.16. The standard InChI is InChI=1S/C9H17FO2S/c1-2-5-8(9(11)12)13-7-4-3-6-10/h8H,2-7H2,1H3,(H,11,12). The molecule has 1 unspecified atom stereocenters. The van der Waals surface area contributed by atoms with Crippen LogP contribution in [0.5, 0.6) is 0 Å². The van der Waals surface area contributed by atoms with Gasteiger partial charge >= 0.3 is 5.97 Å². The van der Waals surface area contributed by atoms with Crippen LogP contribution in [0.2, 0.25) is 0 Å². The topological polar surface area (TPSA) is 37.3 Å². The van der Waals surface area contributed by atoms with E-state index in [1.807, 2.05) is 6.92 Å². The first-order valence-electron chi connectivity index (χ1n) is 4.62. The molecule has 0 radical (unpaired) electrons. The number of unbranched alkanes of at least 4 members (excludes halogenated alkanes) is 1. The second-order valence-corrected chi connectivity index (χ2v) is 4.19. The highest BCUT2D eigenvalue weighted by Gasteiger charge is 2.15. The van der Waals surface area contributed by atoms with E-state index in [2.05, 4.69) is 0 Å². The lowest BCUT2D eigenvalue weighted by molar-refractivity contribution is -0.136. The first kappa shape index (κ1) is 12.8. The molecule has 0 aromatic carbocycles. The van der Waals surface area contributed by atoms with Crippen LogP contribution in [0.25, 0.3) is 0 Å². The first-order chi connectivity index (χ1) is 6.22. The molecule has 0 amide bonds. The fourth-order valence-corrected chi connectivity index (χ4v) is 2.16. The van der Waals surface area contributed by atoms with Gasteiger partial charge in [-0.05, 0) is 25.0 Å². The van der Waals surface area contributed by atoms with E-state index in [4.69, 9.17) is 5.11 Å². The number of carboxylic acid groups (broad SMARTS) is 1. The average molecular weight is 208 g/mol. The van der Waals surface area contributed by atoms with E-state index in [0.717, 1.165) is 18.6 Å². The van der Waals surface area contributed by atoms with Crippen molar-refractivity contribution in [1.82, 2.24) is 0 Å². The Hall–Kier alpha value is -0.250. The van der Waals surface area contributed by atoms with Crippen molar-refractivity contribution in [1.29, 1.82) is 0 Å². The van der Waals surface area contributed by atoms with Gasteiger partial charge in [0.15, 0.2) is 0 Å². The second-order valence-electron chi connectivity index (χ2n) is 2.88. The summed E-state index contributed by atoms with van der Waals surface area (Å²) in [6.07, 6.45) is 2.91. The van der Waals surface area contributed by atoms with E-state index < -0.39 is 5.97 Å². The van der Waals surface area contributed by atoms with Crippen LogP contribution >= 0.6 is 11.8 Å². The Balaban J connectivity index is 3.51. The van der Waals surface area contributed by atoms with Gasteiger partial charge in [-0.15, -0.1) is 11.8 Å². The molecule has 1 atom stereocenters. The molecule has 0 aromatic heterocycles.